The van der Waals surface area contributed by atoms with Crippen LogP contribution in [0.15, 0.2) is 22.7 Å². The molecule has 0 atom stereocenters. The molecule has 4 heteroatoms. The van der Waals surface area contributed by atoms with Gasteiger partial charge in [0, 0.05) is 9.89 Å². The molecule has 0 saturated carbocycles. The van der Waals surface area contributed by atoms with Crippen LogP contribution in [-0.2, 0) is 4.79 Å². The van der Waals surface area contributed by atoms with Crippen molar-refractivity contribution >= 4 is 27.6 Å². The van der Waals surface area contributed by atoms with Crippen LogP contribution in [0.25, 0.3) is 0 Å². The van der Waals surface area contributed by atoms with Crippen molar-refractivity contribution in [1.82, 2.24) is 5.32 Å². The van der Waals surface area contributed by atoms with Crippen molar-refractivity contribution in [3.63, 3.8) is 0 Å². The van der Waals surface area contributed by atoms with Crippen LogP contribution in [0.4, 0.5) is 0 Å². The third-order valence-corrected chi connectivity index (χ3v) is 3.74. The van der Waals surface area contributed by atoms with Crippen LogP contribution in [0.3, 0.4) is 0 Å². The maximum Gasteiger partial charge on any atom is 0.252 e. The molecule has 98 valence electrons. The van der Waals surface area contributed by atoms with Gasteiger partial charge in [-0.2, -0.15) is 0 Å². The van der Waals surface area contributed by atoms with E-state index in [1.54, 1.807) is 6.07 Å². The topological polar surface area (TPSA) is 46.2 Å². The van der Waals surface area contributed by atoms with Gasteiger partial charge in [-0.1, -0.05) is 32.9 Å². The minimum absolute atomic E-state index is 0.0135. The number of rotatable bonds is 3. The number of nitrogens with one attached hydrogen (secondary N) is 1. The van der Waals surface area contributed by atoms with E-state index in [1.807, 2.05) is 39.8 Å². The van der Waals surface area contributed by atoms with Crippen molar-refractivity contribution in [2.45, 2.75) is 27.7 Å². The van der Waals surface area contributed by atoms with Crippen LogP contribution in [0.5, 0.6) is 0 Å². The molecule has 0 aliphatic rings. The van der Waals surface area contributed by atoms with Gasteiger partial charge in [0.15, 0.2) is 5.78 Å². The van der Waals surface area contributed by atoms with E-state index >= 15 is 0 Å². The maximum atomic E-state index is 12.0. The number of hydrogen-bond acceptors (Lipinski definition) is 2. The third kappa shape index (κ3) is 3.67. The second-order valence-electron chi connectivity index (χ2n) is 5.29. The predicted octanol–water partition coefficient (Wildman–Crippen LogP) is 3.10. The molecule has 0 heterocycles. The highest BCUT2D eigenvalue weighted by Crippen LogP contribution is 2.21. The Bertz CT molecular complexity index is 475. The Labute approximate surface area is 116 Å². The Balaban J connectivity index is 2.73. The summed E-state index contributed by atoms with van der Waals surface area (Å²) in [5.41, 5.74) is 1.11. The first-order chi connectivity index (χ1) is 8.23. The molecule has 0 radical (unpaired) electrons. The number of Topliss-reactive ketones (excluding diaryl/α,β-unsaturated/α-hetero) is 1. The fourth-order valence-electron chi connectivity index (χ4n) is 1.34. The third-order valence-electron chi connectivity index (χ3n) is 2.68. The summed E-state index contributed by atoms with van der Waals surface area (Å²) in [6.07, 6.45) is 0. The SMILES string of the molecule is Cc1cccc(C(=O)NCC(=O)C(C)(C)C)c1Br. The van der Waals surface area contributed by atoms with Crippen LogP contribution in [0, 0.1) is 12.3 Å². The smallest absolute Gasteiger partial charge is 0.252 e. The van der Waals surface area contributed by atoms with Crippen LogP contribution < -0.4 is 5.32 Å². The van der Waals surface area contributed by atoms with Crippen molar-refractivity contribution in [3.05, 3.63) is 33.8 Å². The van der Waals surface area contributed by atoms with Crippen molar-refractivity contribution in [1.29, 1.82) is 0 Å². The number of hydrogen-bond donors (Lipinski definition) is 1. The number of aryl methyl sites for hydroxylation is 1. The van der Waals surface area contributed by atoms with Gasteiger partial charge in [0.05, 0.1) is 12.1 Å². The normalized spacial score (nSPS) is 11.2. The summed E-state index contributed by atoms with van der Waals surface area (Å²) in [6, 6.07) is 5.47. The largest absolute Gasteiger partial charge is 0.345 e. The highest BCUT2D eigenvalue weighted by molar-refractivity contribution is 9.10. The van der Waals surface area contributed by atoms with Crippen LogP contribution in [0.2, 0.25) is 0 Å². The van der Waals surface area contributed by atoms with Gasteiger partial charge in [0.25, 0.3) is 5.91 Å². The molecule has 1 amide bonds. The number of halogens is 1. The monoisotopic (exact) mass is 311 g/mol. The summed E-state index contributed by atoms with van der Waals surface area (Å²) in [5, 5.41) is 2.65. The second kappa shape index (κ2) is 5.65. The molecular weight excluding hydrogens is 294 g/mol. The number of benzene rings is 1. The minimum atomic E-state index is -0.433. The molecule has 1 aromatic carbocycles. The minimum Gasteiger partial charge on any atom is -0.345 e. The van der Waals surface area contributed by atoms with Gasteiger partial charge in [-0.3, -0.25) is 9.59 Å². The summed E-state index contributed by atoms with van der Waals surface area (Å²) >= 11 is 3.38. The molecule has 0 saturated heterocycles. The van der Waals surface area contributed by atoms with E-state index in [0.717, 1.165) is 10.0 Å². The highest BCUT2D eigenvalue weighted by Gasteiger charge is 2.22. The van der Waals surface area contributed by atoms with Crippen LogP contribution in [-0.4, -0.2) is 18.2 Å². The molecular formula is C14H18BrNO2. The summed E-state index contributed by atoms with van der Waals surface area (Å²) in [5.74, 6) is -0.220. The van der Waals surface area contributed by atoms with Crippen molar-refractivity contribution < 1.29 is 9.59 Å². The zero-order valence-corrected chi connectivity index (χ0v) is 12.7. The molecule has 0 aliphatic carbocycles. The van der Waals surface area contributed by atoms with Gasteiger partial charge < -0.3 is 5.32 Å². The average Bonchev–Trinajstić information content (AvgIpc) is 2.27. The summed E-state index contributed by atoms with van der Waals surface area (Å²) in [7, 11) is 0. The van der Waals surface area contributed by atoms with Gasteiger partial charge in [-0.15, -0.1) is 0 Å². The summed E-state index contributed by atoms with van der Waals surface area (Å²) in [6.45, 7) is 7.49. The lowest BCUT2D eigenvalue weighted by molar-refractivity contribution is -0.125. The lowest BCUT2D eigenvalue weighted by Gasteiger charge is -2.17. The van der Waals surface area contributed by atoms with Crippen LogP contribution in [0.1, 0.15) is 36.7 Å². The van der Waals surface area contributed by atoms with Crippen LogP contribution >= 0.6 is 15.9 Å². The first-order valence-electron chi connectivity index (χ1n) is 5.80. The molecule has 1 aromatic rings. The Morgan fingerprint density at radius 3 is 2.44 bits per heavy atom. The fourth-order valence-corrected chi connectivity index (χ4v) is 1.79. The molecule has 0 spiro atoms. The Hall–Kier alpha value is -1.16. The van der Waals surface area contributed by atoms with E-state index in [1.165, 1.54) is 0 Å². The van der Waals surface area contributed by atoms with Crippen molar-refractivity contribution in [3.8, 4) is 0 Å². The lowest BCUT2D eigenvalue weighted by atomic mass is 9.91. The standard InChI is InChI=1S/C14H18BrNO2/c1-9-6-5-7-10(12(9)15)13(18)16-8-11(17)14(2,3)4/h5-7H,8H2,1-4H3,(H,16,18). The molecule has 0 aromatic heterocycles. The van der Waals surface area contributed by atoms with E-state index < -0.39 is 5.41 Å². The van der Waals surface area contributed by atoms with Gasteiger partial charge in [0.1, 0.15) is 0 Å². The van der Waals surface area contributed by atoms with Gasteiger partial charge in [-0.25, -0.2) is 0 Å². The molecule has 18 heavy (non-hydrogen) atoms. The molecule has 0 unspecified atom stereocenters. The molecule has 1 N–H and O–H groups in total. The fraction of sp³-hybridized carbons (Fsp3) is 0.429. The van der Waals surface area contributed by atoms with E-state index in [2.05, 4.69) is 21.2 Å². The molecule has 0 fully saturated rings. The Morgan fingerprint density at radius 1 is 1.28 bits per heavy atom. The molecule has 0 bridgehead atoms. The quantitative estimate of drug-likeness (QED) is 0.932. The molecule has 1 rings (SSSR count). The second-order valence-corrected chi connectivity index (χ2v) is 6.09. The number of carbonyl (C=O) groups excluding carboxylic acids is 2. The number of carbonyl (C=O) groups is 2. The van der Waals surface area contributed by atoms with Gasteiger partial charge in [0.2, 0.25) is 0 Å². The van der Waals surface area contributed by atoms with E-state index in [-0.39, 0.29) is 18.2 Å². The van der Waals surface area contributed by atoms with Crippen molar-refractivity contribution in [2.24, 2.45) is 5.41 Å². The number of ketones is 1. The predicted molar refractivity (Wildman–Crippen MR) is 75.7 cm³/mol. The Kier molecular flexibility index (Phi) is 4.68. The van der Waals surface area contributed by atoms with E-state index in [0.29, 0.717) is 5.56 Å². The Morgan fingerprint density at radius 2 is 1.89 bits per heavy atom. The zero-order valence-electron chi connectivity index (χ0n) is 11.1. The first-order valence-corrected chi connectivity index (χ1v) is 6.59. The molecule has 0 aliphatic heterocycles. The average molecular weight is 312 g/mol. The first kappa shape index (κ1) is 14.9. The summed E-state index contributed by atoms with van der Waals surface area (Å²) < 4.78 is 0.769. The van der Waals surface area contributed by atoms with E-state index in [4.69, 9.17) is 0 Å². The van der Waals surface area contributed by atoms with Crippen molar-refractivity contribution in [2.75, 3.05) is 6.54 Å². The van der Waals surface area contributed by atoms with Gasteiger partial charge in [-0.05, 0) is 34.5 Å². The van der Waals surface area contributed by atoms with Gasteiger partial charge >= 0.3 is 0 Å². The van der Waals surface area contributed by atoms with E-state index in [9.17, 15) is 9.59 Å². The maximum absolute atomic E-state index is 12.0. The highest BCUT2D eigenvalue weighted by atomic mass is 79.9. The number of amides is 1. The molecule has 3 nitrogen and oxygen atoms in total. The summed E-state index contributed by atoms with van der Waals surface area (Å²) in [4.78, 5) is 23.7. The zero-order chi connectivity index (χ0) is 13.9. The lowest BCUT2D eigenvalue weighted by Crippen LogP contribution is -2.35.